The molecule has 0 bridgehead atoms. The van der Waals surface area contributed by atoms with Crippen molar-refractivity contribution in [1.29, 1.82) is 0 Å². The summed E-state index contributed by atoms with van der Waals surface area (Å²) in [6.45, 7) is 10.7. The number of benzene rings is 1. The Morgan fingerprint density at radius 2 is 1.73 bits per heavy atom. The molecule has 0 aliphatic rings. The van der Waals surface area contributed by atoms with Gasteiger partial charge < -0.3 is 19.0 Å². The summed E-state index contributed by atoms with van der Waals surface area (Å²) in [5.41, 5.74) is 0.903. The second-order valence-electron chi connectivity index (χ2n) is 6.75. The standard InChI is InChI=1S/C17H28O4Si/c1-17(2,3)22(6,7)21-14(12-18)10-13-8-9-15(19-4)16(11-13)20-5/h8-11,18H,12H2,1-7H3/b14-10-. The topological polar surface area (TPSA) is 47.9 Å². The van der Waals surface area contributed by atoms with Crippen molar-refractivity contribution in [2.24, 2.45) is 0 Å². The van der Waals surface area contributed by atoms with Gasteiger partial charge in [-0.2, -0.15) is 0 Å². The lowest BCUT2D eigenvalue weighted by molar-refractivity contribution is 0.255. The third-order valence-corrected chi connectivity index (χ3v) is 8.47. The summed E-state index contributed by atoms with van der Waals surface area (Å²) < 4.78 is 16.7. The lowest BCUT2D eigenvalue weighted by Gasteiger charge is -2.37. The Balaban J connectivity index is 3.07. The van der Waals surface area contributed by atoms with Gasteiger partial charge in [-0.1, -0.05) is 26.8 Å². The monoisotopic (exact) mass is 324 g/mol. The number of ether oxygens (including phenoxy) is 2. The molecule has 0 aliphatic carbocycles. The van der Waals surface area contributed by atoms with Crippen LogP contribution in [0.4, 0.5) is 0 Å². The fourth-order valence-corrected chi connectivity index (χ4v) is 2.80. The molecule has 1 aromatic rings. The van der Waals surface area contributed by atoms with Gasteiger partial charge in [0.2, 0.25) is 8.32 Å². The molecule has 0 fully saturated rings. The van der Waals surface area contributed by atoms with Crippen LogP contribution in [0.15, 0.2) is 24.0 Å². The third-order valence-electron chi connectivity index (χ3n) is 4.08. The van der Waals surface area contributed by atoms with E-state index < -0.39 is 8.32 Å². The van der Waals surface area contributed by atoms with Crippen LogP contribution in [0.3, 0.4) is 0 Å². The lowest BCUT2D eigenvalue weighted by atomic mass is 10.2. The first-order valence-electron chi connectivity index (χ1n) is 7.37. The molecule has 0 aromatic heterocycles. The van der Waals surface area contributed by atoms with Crippen LogP contribution < -0.4 is 9.47 Å². The van der Waals surface area contributed by atoms with Crippen LogP contribution >= 0.6 is 0 Å². The molecule has 1 aromatic carbocycles. The number of methoxy groups -OCH3 is 2. The predicted octanol–water partition coefficient (Wildman–Crippen LogP) is 4.06. The molecule has 22 heavy (non-hydrogen) atoms. The zero-order valence-electron chi connectivity index (χ0n) is 14.7. The normalized spacial score (nSPS) is 13.0. The van der Waals surface area contributed by atoms with E-state index in [4.69, 9.17) is 13.9 Å². The molecule has 4 nitrogen and oxygen atoms in total. The SMILES string of the molecule is COc1ccc(/C=C(/CO)O[Si](C)(C)C(C)(C)C)cc1OC. The Hall–Kier alpha value is -1.46. The van der Waals surface area contributed by atoms with Gasteiger partial charge in [0.1, 0.15) is 5.76 Å². The zero-order valence-corrected chi connectivity index (χ0v) is 15.7. The van der Waals surface area contributed by atoms with Crippen LogP contribution in [-0.2, 0) is 4.43 Å². The molecule has 5 heteroatoms. The second-order valence-corrected chi connectivity index (χ2v) is 11.5. The van der Waals surface area contributed by atoms with Crippen molar-refractivity contribution in [2.75, 3.05) is 20.8 Å². The molecule has 0 amide bonds. The van der Waals surface area contributed by atoms with Gasteiger partial charge in [-0.15, -0.1) is 0 Å². The second kappa shape index (κ2) is 7.20. The molecule has 0 unspecified atom stereocenters. The average Bonchev–Trinajstić information content (AvgIpc) is 2.44. The van der Waals surface area contributed by atoms with Crippen LogP contribution in [0.5, 0.6) is 11.5 Å². The maximum atomic E-state index is 9.62. The van der Waals surface area contributed by atoms with Crippen molar-refractivity contribution >= 4 is 14.4 Å². The largest absolute Gasteiger partial charge is 0.545 e. The highest BCUT2D eigenvalue weighted by atomic mass is 28.4. The first-order valence-corrected chi connectivity index (χ1v) is 10.3. The number of aliphatic hydroxyl groups excluding tert-OH is 1. The van der Waals surface area contributed by atoms with Crippen molar-refractivity contribution in [2.45, 2.75) is 38.9 Å². The number of aliphatic hydroxyl groups is 1. The summed E-state index contributed by atoms with van der Waals surface area (Å²) in [5.74, 6) is 1.91. The third kappa shape index (κ3) is 4.51. The summed E-state index contributed by atoms with van der Waals surface area (Å²) in [5, 5.41) is 9.70. The average molecular weight is 324 g/mol. The van der Waals surface area contributed by atoms with Gasteiger partial charge in [0, 0.05) is 0 Å². The lowest BCUT2D eigenvalue weighted by Crippen LogP contribution is -2.40. The Kier molecular flexibility index (Phi) is 6.08. The van der Waals surface area contributed by atoms with E-state index in [9.17, 15) is 5.11 Å². The van der Waals surface area contributed by atoms with Crippen LogP contribution in [-0.4, -0.2) is 34.3 Å². The van der Waals surface area contributed by atoms with E-state index in [1.54, 1.807) is 14.2 Å². The predicted molar refractivity (Wildman–Crippen MR) is 92.9 cm³/mol. The fourth-order valence-electron chi connectivity index (χ4n) is 1.72. The number of rotatable bonds is 6. The summed E-state index contributed by atoms with van der Waals surface area (Å²) in [7, 11) is 1.24. The summed E-state index contributed by atoms with van der Waals surface area (Å²) in [6, 6.07) is 5.61. The Bertz CT molecular complexity index is 530. The Morgan fingerprint density at radius 1 is 1.14 bits per heavy atom. The molecule has 1 rings (SSSR count). The maximum Gasteiger partial charge on any atom is 0.250 e. The number of hydrogen-bond donors (Lipinski definition) is 1. The quantitative estimate of drug-likeness (QED) is 0.633. The molecule has 0 spiro atoms. The van der Waals surface area contributed by atoms with Crippen molar-refractivity contribution < 1.29 is 19.0 Å². The molecular formula is C17H28O4Si. The van der Waals surface area contributed by atoms with E-state index in [0.29, 0.717) is 17.3 Å². The van der Waals surface area contributed by atoms with Gasteiger partial charge in [0.25, 0.3) is 0 Å². The van der Waals surface area contributed by atoms with E-state index in [1.165, 1.54) is 0 Å². The molecular weight excluding hydrogens is 296 g/mol. The molecule has 0 saturated carbocycles. The van der Waals surface area contributed by atoms with Crippen LogP contribution in [0.2, 0.25) is 18.1 Å². The van der Waals surface area contributed by atoms with E-state index in [1.807, 2.05) is 24.3 Å². The molecule has 0 radical (unpaired) electrons. The molecule has 0 aliphatic heterocycles. The van der Waals surface area contributed by atoms with E-state index in [-0.39, 0.29) is 11.6 Å². The van der Waals surface area contributed by atoms with Crippen molar-refractivity contribution in [3.05, 3.63) is 29.5 Å². The molecule has 0 atom stereocenters. The number of hydrogen-bond acceptors (Lipinski definition) is 4. The van der Waals surface area contributed by atoms with Gasteiger partial charge in [0.15, 0.2) is 11.5 Å². The highest BCUT2D eigenvalue weighted by Gasteiger charge is 2.39. The first kappa shape index (κ1) is 18.6. The van der Waals surface area contributed by atoms with Gasteiger partial charge in [-0.05, 0) is 41.9 Å². The summed E-state index contributed by atoms with van der Waals surface area (Å²) in [6.07, 6.45) is 1.85. The zero-order chi connectivity index (χ0) is 17.0. The summed E-state index contributed by atoms with van der Waals surface area (Å²) in [4.78, 5) is 0. The van der Waals surface area contributed by atoms with E-state index in [0.717, 1.165) is 5.56 Å². The van der Waals surface area contributed by atoms with Crippen molar-refractivity contribution in [3.63, 3.8) is 0 Å². The highest BCUT2D eigenvalue weighted by Crippen LogP contribution is 2.38. The molecule has 124 valence electrons. The maximum absolute atomic E-state index is 9.62. The van der Waals surface area contributed by atoms with E-state index in [2.05, 4.69) is 33.9 Å². The fraction of sp³-hybridized carbons (Fsp3) is 0.529. The van der Waals surface area contributed by atoms with Gasteiger partial charge in [-0.3, -0.25) is 0 Å². The molecule has 0 saturated heterocycles. The summed E-state index contributed by atoms with van der Waals surface area (Å²) >= 11 is 0. The van der Waals surface area contributed by atoms with Crippen LogP contribution in [0.25, 0.3) is 6.08 Å². The smallest absolute Gasteiger partial charge is 0.250 e. The molecule has 1 N–H and O–H groups in total. The minimum Gasteiger partial charge on any atom is -0.545 e. The first-order chi connectivity index (χ1) is 10.1. The minimum absolute atomic E-state index is 0.0822. The highest BCUT2D eigenvalue weighted by molar-refractivity contribution is 6.74. The molecule has 0 heterocycles. The van der Waals surface area contributed by atoms with Gasteiger partial charge >= 0.3 is 0 Å². The van der Waals surface area contributed by atoms with Gasteiger partial charge in [0.05, 0.1) is 20.8 Å². The van der Waals surface area contributed by atoms with Crippen LogP contribution in [0, 0.1) is 0 Å². The van der Waals surface area contributed by atoms with Crippen molar-refractivity contribution in [1.82, 2.24) is 0 Å². The Labute approximate surface area is 134 Å². The van der Waals surface area contributed by atoms with Crippen molar-refractivity contribution in [3.8, 4) is 11.5 Å². The minimum atomic E-state index is -1.97. The Morgan fingerprint density at radius 3 is 2.18 bits per heavy atom. The van der Waals surface area contributed by atoms with Crippen LogP contribution in [0.1, 0.15) is 26.3 Å². The van der Waals surface area contributed by atoms with E-state index >= 15 is 0 Å². The van der Waals surface area contributed by atoms with Gasteiger partial charge in [-0.25, -0.2) is 0 Å².